The average molecular weight is 236 g/mol. The Morgan fingerprint density at radius 1 is 1.35 bits per heavy atom. The molecule has 1 amide bonds. The minimum atomic E-state index is -0.917. The molecule has 0 fully saturated rings. The molecule has 0 saturated heterocycles. The van der Waals surface area contributed by atoms with Crippen molar-refractivity contribution >= 4 is 11.6 Å². The Morgan fingerprint density at radius 2 is 1.94 bits per heavy atom. The topological polar surface area (TPSA) is 75.3 Å². The van der Waals surface area contributed by atoms with Crippen LogP contribution in [0.15, 0.2) is 12.1 Å². The van der Waals surface area contributed by atoms with Gasteiger partial charge in [-0.3, -0.25) is 4.79 Å². The van der Waals surface area contributed by atoms with Crippen molar-refractivity contribution in [1.29, 1.82) is 0 Å². The molecule has 0 aliphatic carbocycles. The largest absolute Gasteiger partial charge is 0.398 e. The number of carbonyl (C=O) groups excluding carboxylic acids is 1. The van der Waals surface area contributed by atoms with Gasteiger partial charge in [-0.05, 0) is 44.9 Å². The van der Waals surface area contributed by atoms with Crippen LogP contribution in [0.1, 0.15) is 35.3 Å². The number of rotatable bonds is 3. The van der Waals surface area contributed by atoms with Crippen molar-refractivity contribution in [3.05, 3.63) is 28.8 Å². The number of carbonyl (C=O) groups is 1. The standard InChI is InChI=1S/C13H20N2O2/c1-8-5-9(2)11(14)6-10(8)12(16)15-7-13(3,4)17/h5-6,17H,7,14H2,1-4H3,(H,15,16). The zero-order chi connectivity index (χ0) is 13.2. The Balaban J connectivity index is 2.86. The Hall–Kier alpha value is -1.55. The summed E-state index contributed by atoms with van der Waals surface area (Å²) in [7, 11) is 0. The summed E-state index contributed by atoms with van der Waals surface area (Å²) in [5, 5.41) is 12.2. The van der Waals surface area contributed by atoms with Crippen LogP contribution in [0, 0.1) is 13.8 Å². The van der Waals surface area contributed by atoms with Crippen LogP contribution in [-0.4, -0.2) is 23.2 Å². The SMILES string of the molecule is Cc1cc(C)c(C(=O)NCC(C)(C)O)cc1N. The molecule has 0 saturated carbocycles. The molecule has 0 aliphatic heterocycles. The molecule has 0 aliphatic rings. The predicted molar refractivity (Wildman–Crippen MR) is 69.0 cm³/mol. The van der Waals surface area contributed by atoms with Crippen LogP contribution in [0.2, 0.25) is 0 Å². The van der Waals surface area contributed by atoms with E-state index >= 15 is 0 Å². The third-order valence-electron chi connectivity index (χ3n) is 2.54. The summed E-state index contributed by atoms with van der Waals surface area (Å²) >= 11 is 0. The van der Waals surface area contributed by atoms with E-state index in [-0.39, 0.29) is 12.5 Å². The Labute approximate surface area is 102 Å². The van der Waals surface area contributed by atoms with Gasteiger partial charge in [0.15, 0.2) is 0 Å². The summed E-state index contributed by atoms with van der Waals surface area (Å²) in [5.41, 5.74) is 7.86. The summed E-state index contributed by atoms with van der Waals surface area (Å²) in [6, 6.07) is 3.55. The maximum absolute atomic E-state index is 11.9. The van der Waals surface area contributed by atoms with Gasteiger partial charge in [-0.1, -0.05) is 6.07 Å². The fraction of sp³-hybridized carbons (Fsp3) is 0.462. The van der Waals surface area contributed by atoms with Gasteiger partial charge in [-0.25, -0.2) is 0 Å². The lowest BCUT2D eigenvalue weighted by molar-refractivity contribution is 0.0694. The number of hydrogen-bond donors (Lipinski definition) is 3. The molecule has 0 aromatic heterocycles. The van der Waals surface area contributed by atoms with E-state index in [1.807, 2.05) is 19.9 Å². The van der Waals surface area contributed by atoms with E-state index in [0.717, 1.165) is 11.1 Å². The molecule has 1 aromatic carbocycles. The van der Waals surface area contributed by atoms with Crippen LogP contribution in [-0.2, 0) is 0 Å². The van der Waals surface area contributed by atoms with Crippen LogP contribution in [0.4, 0.5) is 5.69 Å². The fourth-order valence-electron chi connectivity index (χ4n) is 1.51. The highest BCUT2D eigenvalue weighted by molar-refractivity contribution is 5.96. The lowest BCUT2D eigenvalue weighted by atomic mass is 10.0. The second kappa shape index (κ2) is 4.75. The summed E-state index contributed by atoms with van der Waals surface area (Å²) in [5.74, 6) is -0.212. The number of aryl methyl sites for hydroxylation is 2. The van der Waals surface area contributed by atoms with E-state index in [9.17, 15) is 9.90 Å². The van der Waals surface area contributed by atoms with E-state index in [1.165, 1.54) is 0 Å². The van der Waals surface area contributed by atoms with Crippen molar-refractivity contribution in [2.24, 2.45) is 0 Å². The number of anilines is 1. The van der Waals surface area contributed by atoms with Crippen molar-refractivity contribution in [3.8, 4) is 0 Å². The van der Waals surface area contributed by atoms with E-state index in [1.54, 1.807) is 19.9 Å². The lowest BCUT2D eigenvalue weighted by Crippen LogP contribution is -2.38. The van der Waals surface area contributed by atoms with Gasteiger partial charge in [0.1, 0.15) is 0 Å². The van der Waals surface area contributed by atoms with E-state index < -0.39 is 5.60 Å². The molecule has 0 heterocycles. The molecule has 1 rings (SSSR count). The molecule has 94 valence electrons. The molecule has 17 heavy (non-hydrogen) atoms. The molecule has 4 nitrogen and oxygen atoms in total. The van der Waals surface area contributed by atoms with Crippen molar-refractivity contribution in [2.75, 3.05) is 12.3 Å². The number of aliphatic hydroxyl groups is 1. The first-order valence-corrected chi connectivity index (χ1v) is 5.58. The maximum atomic E-state index is 11.9. The number of nitrogen functional groups attached to an aromatic ring is 1. The normalized spacial score (nSPS) is 11.4. The highest BCUT2D eigenvalue weighted by Gasteiger charge is 2.16. The van der Waals surface area contributed by atoms with Gasteiger partial charge >= 0.3 is 0 Å². The van der Waals surface area contributed by atoms with Gasteiger partial charge in [-0.2, -0.15) is 0 Å². The van der Waals surface area contributed by atoms with Gasteiger partial charge in [0.05, 0.1) is 5.60 Å². The number of benzene rings is 1. The molecular formula is C13H20N2O2. The summed E-state index contributed by atoms with van der Waals surface area (Å²) in [4.78, 5) is 11.9. The highest BCUT2D eigenvalue weighted by atomic mass is 16.3. The quantitative estimate of drug-likeness (QED) is 0.694. The lowest BCUT2D eigenvalue weighted by Gasteiger charge is -2.18. The first-order valence-electron chi connectivity index (χ1n) is 5.58. The summed E-state index contributed by atoms with van der Waals surface area (Å²) in [6.45, 7) is 7.26. The number of nitrogens with two attached hydrogens (primary N) is 1. The van der Waals surface area contributed by atoms with Crippen molar-refractivity contribution in [1.82, 2.24) is 5.32 Å². The molecule has 1 aromatic rings. The number of nitrogens with one attached hydrogen (secondary N) is 1. The second-order valence-electron chi connectivity index (χ2n) is 5.02. The second-order valence-corrected chi connectivity index (χ2v) is 5.02. The Morgan fingerprint density at radius 3 is 2.47 bits per heavy atom. The molecule has 0 spiro atoms. The zero-order valence-corrected chi connectivity index (χ0v) is 10.8. The van der Waals surface area contributed by atoms with E-state index in [2.05, 4.69) is 5.32 Å². The minimum Gasteiger partial charge on any atom is -0.398 e. The molecule has 0 unspecified atom stereocenters. The van der Waals surface area contributed by atoms with Crippen LogP contribution < -0.4 is 11.1 Å². The fourth-order valence-corrected chi connectivity index (χ4v) is 1.51. The first kappa shape index (κ1) is 13.5. The average Bonchev–Trinajstić information content (AvgIpc) is 2.19. The third kappa shape index (κ3) is 3.75. The smallest absolute Gasteiger partial charge is 0.251 e. The van der Waals surface area contributed by atoms with Crippen molar-refractivity contribution in [3.63, 3.8) is 0 Å². The van der Waals surface area contributed by atoms with Gasteiger partial charge in [-0.15, -0.1) is 0 Å². The molecule has 4 heteroatoms. The zero-order valence-electron chi connectivity index (χ0n) is 10.8. The first-order chi connectivity index (χ1) is 7.70. The highest BCUT2D eigenvalue weighted by Crippen LogP contribution is 2.17. The van der Waals surface area contributed by atoms with Gasteiger partial charge in [0.2, 0.25) is 0 Å². The molecule has 0 atom stereocenters. The molecule has 0 radical (unpaired) electrons. The van der Waals surface area contributed by atoms with Crippen molar-refractivity contribution < 1.29 is 9.90 Å². The number of hydrogen-bond acceptors (Lipinski definition) is 3. The van der Waals surface area contributed by atoms with E-state index in [0.29, 0.717) is 11.3 Å². The monoisotopic (exact) mass is 236 g/mol. The van der Waals surface area contributed by atoms with Gasteiger partial charge < -0.3 is 16.2 Å². The minimum absolute atomic E-state index is 0.207. The van der Waals surface area contributed by atoms with Crippen LogP contribution in [0.3, 0.4) is 0 Å². The van der Waals surface area contributed by atoms with Crippen LogP contribution in [0.5, 0.6) is 0 Å². The predicted octanol–water partition coefficient (Wildman–Crippen LogP) is 1.39. The third-order valence-corrected chi connectivity index (χ3v) is 2.54. The number of amides is 1. The summed E-state index contributed by atoms with van der Waals surface area (Å²) in [6.07, 6.45) is 0. The van der Waals surface area contributed by atoms with E-state index in [4.69, 9.17) is 5.73 Å². The van der Waals surface area contributed by atoms with Gasteiger partial charge in [0.25, 0.3) is 5.91 Å². The Kier molecular flexibility index (Phi) is 3.78. The van der Waals surface area contributed by atoms with Crippen LogP contribution >= 0.6 is 0 Å². The van der Waals surface area contributed by atoms with Crippen molar-refractivity contribution in [2.45, 2.75) is 33.3 Å². The molecular weight excluding hydrogens is 216 g/mol. The molecule has 0 bridgehead atoms. The van der Waals surface area contributed by atoms with Gasteiger partial charge in [0, 0.05) is 17.8 Å². The summed E-state index contributed by atoms with van der Waals surface area (Å²) < 4.78 is 0. The maximum Gasteiger partial charge on any atom is 0.251 e. The van der Waals surface area contributed by atoms with Crippen LogP contribution in [0.25, 0.3) is 0 Å². The Bertz CT molecular complexity index is 434. The molecule has 4 N–H and O–H groups in total.